The summed E-state index contributed by atoms with van der Waals surface area (Å²) < 4.78 is 0. The molecule has 1 saturated carbocycles. The summed E-state index contributed by atoms with van der Waals surface area (Å²) in [5, 5.41) is 29.6. The fraction of sp³-hybridized carbons (Fsp3) is 0.696. The van der Waals surface area contributed by atoms with E-state index in [-0.39, 0.29) is 75.1 Å². The minimum absolute atomic E-state index is 0. The van der Waals surface area contributed by atoms with E-state index in [1.807, 2.05) is 18.2 Å². The number of unbranched alkanes of at least 4 members (excludes halogenated alkanes) is 2. The summed E-state index contributed by atoms with van der Waals surface area (Å²) in [5.41, 5.74) is 0.874. The van der Waals surface area contributed by atoms with Gasteiger partial charge in [0.15, 0.2) is 0 Å². The zero-order chi connectivity index (χ0) is 20.4. The van der Waals surface area contributed by atoms with Crippen molar-refractivity contribution in [2.24, 2.45) is 17.3 Å². The molecule has 0 aliphatic heterocycles. The maximum atomic E-state index is 10.6. The largest absolute Gasteiger partial charge is 0.481 e. The Kier molecular flexibility index (Phi) is 14.4. The molecule has 0 heterocycles. The molecule has 1 radical (unpaired) electrons. The quantitative estimate of drug-likeness (QED) is 0.248. The average molecular weight is 418 g/mol. The molecule has 1 aliphatic carbocycles. The standard InChI is InChI=1S/C23H38O4.K/c1-5-6-15-23(3,4)21(25)14-13-19-18(17(2)16-20(19)24)11-9-7-8-10-12-22(26)27;/h7,9,13-14,18-21,24-25H,2,5-6,8,10-12,15-16H2,1,3-4H3,(H,26,27);/b9-7-,14-13+;/t18-,19+,20+,21+;/m0./s1. The molecule has 0 aromatic heterocycles. The molecule has 0 aromatic carbocycles. The molecular weight excluding hydrogens is 379 g/mol. The summed E-state index contributed by atoms with van der Waals surface area (Å²) in [6, 6.07) is 0. The SMILES string of the molecule is C=C1C[C@@H](O)[C@H](/C=C/[C@@H](O)C(C)(C)CCCC)[C@H]1C/C=C\CCCC(=O)O.[K]. The van der Waals surface area contributed by atoms with Gasteiger partial charge in [-0.2, -0.15) is 0 Å². The number of carboxylic acid groups (broad SMARTS) is 1. The summed E-state index contributed by atoms with van der Waals surface area (Å²) in [6.45, 7) is 10.4. The van der Waals surface area contributed by atoms with Gasteiger partial charge in [-0.15, -0.1) is 0 Å². The van der Waals surface area contributed by atoms with E-state index in [9.17, 15) is 15.0 Å². The van der Waals surface area contributed by atoms with Crippen LogP contribution in [0, 0.1) is 17.3 Å². The number of aliphatic hydroxyl groups excluding tert-OH is 2. The van der Waals surface area contributed by atoms with Crippen molar-refractivity contribution in [1.29, 1.82) is 0 Å². The summed E-state index contributed by atoms with van der Waals surface area (Å²) in [4.78, 5) is 10.5. The molecular formula is C23H38KO4. The molecule has 0 aromatic rings. The molecule has 0 spiro atoms. The first-order valence-corrected chi connectivity index (χ1v) is 10.3. The van der Waals surface area contributed by atoms with Crippen molar-refractivity contribution in [3.63, 3.8) is 0 Å². The number of rotatable bonds is 12. The van der Waals surface area contributed by atoms with Crippen LogP contribution in [0.5, 0.6) is 0 Å². The summed E-state index contributed by atoms with van der Waals surface area (Å²) in [7, 11) is 0. The fourth-order valence-electron chi connectivity index (χ4n) is 3.69. The van der Waals surface area contributed by atoms with Gasteiger partial charge < -0.3 is 15.3 Å². The first-order valence-electron chi connectivity index (χ1n) is 10.3. The molecule has 1 aliphatic rings. The third kappa shape index (κ3) is 9.83. The summed E-state index contributed by atoms with van der Waals surface area (Å²) in [5.74, 6) is -0.628. The van der Waals surface area contributed by atoms with Crippen LogP contribution in [0.4, 0.5) is 0 Å². The minimum atomic E-state index is -0.763. The zero-order valence-electron chi connectivity index (χ0n) is 18.2. The molecule has 28 heavy (non-hydrogen) atoms. The Balaban J connectivity index is 0.00000729. The Morgan fingerprint density at radius 2 is 2.00 bits per heavy atom. The van der Waals surface area contributed by atoms with E-state index in [1.54, 1.807) is 0 Å². The number of hydrogen-bond donors (Lipinski definition) is 3. The predicted molar refractivity (Wildman–Crippen MR) is 116 cm³/mol. The second kappa shape index (κ2) is 14.3. The number of aliphatic hydroxyl groups is 2. The topological polar surface area (TPSA) is 77.8 Å². The average Bonchev–Trinajstić information content (AvgIpc) is 2.86. The first-order chi connectivity index (χ1) is 12.7. The molecule has 5 heteroatoms. The van der Waals surface area contributed by atoms with Crippen molar-refractivity contribution < 1.29 is 20.1 Å². The molecule has 155 valence electrons. The van der Waals surface area contributed by atoms with Crippen LogP contribution < -0.4 is 0 Å². The Morgan fingerprint density at radius 3 is 2.61 bits per heavy atom. The van der Waals surface area contributed by atoms with Gasteiger partial charge in [-0.1, -0.05) is 70.1 Å². The van der Waals surface area contributed by atoms with Gasteiger partial charge in [0.2, 0.25) is 0 Å². The van der Waals surface area contributed by atoms with Crippen LogP contribution >= 0.6 is 0 Å². The predicted octanol–water partition coefficient (Wildman–Crippen LogP) is 4.49. The van der Waals surface area contributed by atoms with Gasteiger partial charge in [-0.3, -0.25) is 4.79 Å². The Bertz CT molecular complexity index is 539. The third-order valence-electron chi connectivity index (χ3n) is 5.71. The second-order valence-electron chi connectivity index (χ2n) is 8.53. The number of aliphatic carboxylic acids is 1. The maximum Gasteiger partial charge on any atom is 0.303 e. The van der Waals surface area contributed by atoms with Crippen LogP contribution in [0.1, 0.15) is 72.1 Å². The van der Waals surface area contributed by atoms with Gasteiger partial charge in [0.1, 0.15) is 0 Å². The Labute approximate surface area is 213 Å². The molecule has 0 saturated heterocycles. The van der Waals surface area contributed by atoms with Crippen LogP contribution in [0.15, 0.2) is 36.5 Å². The molecule has 1 fully saturated rings. The van der Waals surface area contributed by atoms with E-state index in [1.165, 1.54) is 0 Å². The Morgan fingerprint density at radius 1 is 1.32 bits per heavy atom. The summed E-state index contributed by atoms with van der Waals surface area (Å²) in [6.07, 6.45) is 13.1. The van der Waals surface area contributed by atoms with Crippen LogP contribution in [0.2, 0.25) is 0 Å². The number of allylic oxidation sites excluding steroid dienone is 2. The number of hydrogen-bond acceptors (Lipinski definition) is 3. The molecule has 4 nitrogen and oxygen atoms in total. The van der Waals surface area contributed by atoms with E-state index in [2.05, 4.69) is 33.4 Å². The minimum Gasteiger partial charge on any atom is -0.481 e. The van der Waals surface area contributed by atoms with E-state index < -0.39 is 18.2 Å². The normalized spacial score (nSPS) is 24.0. The maximum absolute atomic E-state index is 10.6. The van der Waals surface area contributed by atoms with Gasteiger partial charge in [-0.05, 0) is 43.4 Å². The third-order valence-corrected chi connectivity index (χ3v) is 5.71. The second-order valence-corrected chi connectivity index (χ2v) is 8.53. The van der Waals surface area contributed by atoms with E-state index in [4.69, 9.17) is 5.11 Å². The van der Waals surface area contributed by atoms with Crippen molar-refractivity contribution in [2.45, 2.75) is 84.3 Å². The fourth-order valence-corrected chi connectivity index (χ4v) is 3.69. The smallest absolute Gasteiger partial charge is 0.303 e. The van der Waals surface area contributed by atoms with Crippen molar-refractivity contribution >= 4 is 57.4 Å². The van der Waals surface area contributed by atoms with Gasteiger partial charge in [0.25, 0.3) is 0 Å². The van der Waals surface area contributed by atoms with Crippen molar-refractivity contribution in [3.05, 3.63) is 36.5 Å². The van der Waals surface area contributed by atoms with E-state index in [0.717, 1.165) is 37.7 Å². The molecule has 3 N–H and O–H groups in total. The summed E-state index contributed by atoms with van der Waals surface area (Å²) >= 11 is 0. The van der Waals surface area contributed by atoms with Crippen LogP contribution in [0.3, 0.4) is 0 Å². The van der Waals surface area contributed by atoms with Gasteiger partial charge in [0.05, 0.1) is 12.2 Å². The Hall–Kier alpha value is 0.246. The molecule has 0 amide bonds. The van der Waals surface area contributed by atoms with Crippen LogP contribution in [0.25, 0.3) is 0 Å². The van der Waals surface area contributed by atoms with Crippen molar-refractivity contribution in [1.82, 2.24) is 0 Å². The number of carboxylic acids is 1. The zero-order valence-corrected chi connectivity index (χ0v) is 21.4. The van der Waals surface area contributed by atoms with Crippen LogP contribution in [-0.2, 0) is 4.79 Å². The monoisotopic (exact) mass is 417 g/mol. The molecule has 1 rings (SSSR count). The van der Waals surface area contributed by atoms with Crippen LogP contribution in [-0.4, -0.2) is 84.9 Å². The van der Waals surface area contributed by atoms with E-state index in [0.29, 0.717) is 12.8 Å². The first kappa shape index (κ1) is 28.2. The van der Waals surface area contributed by atoms with Gasteiger partial charge >= 0.3 is 5.97 Å². The molecule has 0 bridgehead atoms. The van der Waals surface area contributed by atoms with Gasteiger partial charge in [-0.25, -0.2) is 0 Å². The number of carbonyl (C=O) groups is 1. The van der Waals surface area contributed by atoms with E-state index >= 15 is 0 Å². The van der Waals surface area contributed by atoms with Crippen molar-refractivity contribution in [3.8, 4) is 0 Å². The van der Waals surface area contributed by atoms with Gasteiger partial charge in [0, 0.05) is 63.7 Å². The molecule has 4 atom stereocenters. The molecule has 0 unspecified atom stereocenters. The van der Waals surface area contributed by atoms with Crippen molar-refractivity contribution in [2.75, 3.05) is 0 Å².